The van der Waals surface area contributed by atoms with Crippen LogP contribution in [0.2, 0.25) is 0 Å². The molecule has 0 radical (unpaired) electrons. The van der Waals surface area contributed by atoms with Crippen LogP contribution in [0.15, 0.2) is 30.6 Å². The number of hydrogen-bond acceptors (Lipinski definition) is 4. The van der Waals surface area contributed by atoms with Gasteiger partial charge in [-0.2, -0.15) is 0 Å². The third kappa shape index (κ3) is 1.77. The lowest BCUT2D eigenvalue weighted by Gasteiger charge is -2.15. The Hall–Kier alpha value is -1.72. The molecule has 1 atom stereocenters. The quantitative estimate of drug-likeness (QED) is 0.739. The molecule has 1 unspecified atom stereocenters. The molecule has 3 aromatic heterocycles. The van der Waals surface area contributed by atoms with Crippen LogP contribution in [0.1, 0.15) is 29.5 Å². The molecule has 19 heavy (non-hydrogen) atoms. The van der Waals surface area contributed by atoms with Crippen molar-refractivity contribution in [3.8, 4) is 10.7 Å². The zero-order valence-electron chi connectivity index (χ0n) is 10.4. The lowest BCUT2D eigenvalue weighted by molar-refractivity contribution is 0.564. The second-order valence-corrected chi connectivity index (χ2v) is 6.00. The smallest absolute Gasteiger partial charge is 0.144 e. The molecule has 0 spiro atoms. The van der Waals surface area contributed by atoms with Crippen LogP contribution >= 0.6 is 11.3 Å². The van der Waals surface area contributed by atoms with E-state index in [0.717, 1.165) is 34.9 Å². The van der Waals surface area contributed by atoms with Crippen molar-refractivity contribution in [2.75, 3.05) is 0 Å². The lowest BCUT2D eigenvalue weighted by Crippen LogP contribution is -2.16. The van der Waals surface area contributed by atoms with E-state index in [-0.39, 0.29) is 6.04 Å². The number of nitrogens with zero attached hydrogens (tertiary/aromatic N) is 3. The average Bonchev–Trinajstić information content (AvgIpc) is 3.02. The third-order valence-electron chi connectivity index (χ3n) is 3.58. The first-order valence-electron chi connectivity index (χ1n) is 6.50. The number of nitrogens with two attached hydrogens (primary N) is 1. The predicted molar refractivity (Wildman–Crippen MR) is 76.2 cm³/mol. The van der Waals surface area contributed by atoms with Gasteiger partial charge in [0.05, 0.1) is 5.69 Å². The highest BCUT2D eigenvalue weighted by molar-refractivity contribution is 7.15. The van der Waals surface area contributed by atoms with Crippen molar-refractivity contribution in [2.45, 2.75) is 25.3 Å². The highest BCUT2D eigenvalue weighted by Gasteiger charge is 2.22. The Morgan fingerprint density at radius 1 is 1.32 bits per heavy atom. The van der Waals surface area contributed by atoms with E-state index in [2.05, 4.69) is 4.98 Å². The largest absolute Gasteiger partial charge is 0.323 e. The van der Waals surface area contributed by atoms with Gasteiger partial charge in [-0.1, -0.05) is 6.07 Å². The molecule has 3 heterocycles. The monoisotopic (exact) mass is 270 g/mol. The zero-order valence-corrected chi connectivity index (χ0v) is 11.2. The van der Waals surface area contributed by atoms with Crippen LogP contribution in [-0.2, 0) is 6.42 Å². The zero-order chi connectivity index (χ0) is 12.8. The van der Waals surface area contributed by atoms with E-state index in [4.69, 9.17) is 10.7 Å². The van der Waals surface area contributed by atoms with Gasteiger partial charge in [-0.25, -0.2) is 9.97 Å². The number of pyridine rings is 1. The van der Waals surface area contributed by atoms with Gasteiger partial charge < -0.3 is 10.1 Å². The first-order chi connectivity index (χ1) is 9.31. The van der Waals surface area contributed by atoms with Crippen molar-refractivity contribution in [2.24, 2.45) is 5.73 Å². The molecule has 0 aliphatic heterocycles. The molecule has 0 aromatic carbocycles. The van der Waals surface area contributed by atoms with Crippen LogP contribution < -0.4 is 5.73 Å². The summed E-state index contributed by atoms with van der Waals surface area (Å²) in [5.74, 6) is 0. The topological polar surface area (TPSA) is 56.2 Å². The number of hydrogen-bond donors (Lipinski definition) is 1. The fourth-order valence-electron chi connectivity index (χ4n) is 2.60. The van der Waals surface area contributed by atoms with Crippen LogP contribution in [0.3, 0.4) is 0 Å². The molecule has 5 heteroatoms. The number of aryl methyl sites for hydroxylation is 1. The lowest BCUT2D eigenvalue weighted by atomic mass is 9.99. The van der Waals surface area contributed by atoms with Gasteiger partial charge >= 0.3 is 0 Å². The number of thiazole rings is 1. The van der Waals surface area contributed by atoms with Gasteiger partial charge in [-0.15, -0.1) is 11.3 Å². The van der Waals surface area contributed by atoms with Gasteiger partial charge in [-0.05, 0) is 31.4 Å². The Kier molecular flexibility index (Phi) is 2.43. The molecular weight excluding hydrogens is 256 g/mol. The SMILES string of the molecule is NC1CCCc2sc(-c3cn4ccccc4n3)nc21. The van der Waals surface area contributed by atoms with Crippen molar-refractivity contribution in [1.82, 2.24) is 14.4 Å². The summed E-state index contributed by atoms with van der Waals surface area (Å²) in [5, 5.41) is 0.992. The van der Waals surface area contributed by atoms with Gasteiger partial charge in [0.15, 0.2) is 0 Å². The van der Waals surface area contributed by atoms with Crippen molar-refractivity contribution < 1.29 is 0 Å². The summed E-state index contributed by atoms with van der Waals surface area (Å²) in [6.07, 6.45) is 7.35. The van der Waals surface area contributed by atoms with Crippen molar-refractivity contribution in [3.63, 3.8) is 0 Å². The summed E-state index contributed by atoms with van der Waals surface area (Å²) < 4.78 is 2.02. The Bertz CT molecular complexity index is 710. The molecule has 0 bridgehead atoms. The van der Waals surface area contributed by atoms with E-state index in [9.17, 15) is 0 Å². The van der Waals surface area contributed by atoms with E-state index in [1.54, 1.807) is 11.3 Å². The maximum absolute atomic E-state index is 6.13. The van der Waals surface area contributed by atoms with E-state index < -0.39 is 0 Å². The Balaban J connectivity index is 1.83. The molecule has 4 nitrogen and oxygen atoms in total. The molecule has 96 valence electrons. The minimum Gasteiger partial charge on any atom is -0.323 e. The standard InChI is InChI=1S/C14H14N4S/c15-9-4-3-5-11-13(9)17-14(19-11)10-8-18-7-2-1-6-12(18)16-10/h1-2,6-9H,3-5,15H2. The highest BCUT2D eigenvalue weighted by Crippen LogP contribution is 2.35. The minimum atomic E-state index is 0.103. The summed E-state index contributed by atoms with van der Waals surface area (Å²) in [5.41, 5.74) is 9.11. The predicted octanol–water partition coefficient (Wildman–Crippen LogP) is 2.79. The summed E-state index contributed by atoms with van der Waals surface area (Å²) in [6.45, 7) is 0. The Morgan fingerprint density at radius 3 is 3.11 bits per heavy atom. The van der Waals surface area contributed by atoms with Gasteiger partial charge in [0, 0.05) is 23.3 Å². The number of imidazole rings is 1. The Morgan fingerprint density at radius 2 is 2.26 bits per heavy atom. The molecule has 4 rings (SSSR count). The normalized spacial score (nSPS) is 18.7. The summed E-state index contributed by atoms with van der Waals surface area (Å²) in [4.78, 5) is 10.7. The van der Waals surface area contributed by atoms with Crippen molar-refractivity contribution in [3.05, 3.63) is 41.2 Å². The number of aromatic nitrogens is 3. The van der Waals surface area contributed by atoms with Gasteiger partial charge in [0.1, 0.15) is 16.3 Å². The molecule has 1 aliphatic carbocycles. The third-order valence-corrected chi connectivity index (χ3v) is 4.73. The van der Waals surface area contributed by atoms with Crippen LogP contribution in [0.25, 0.3) is 16.3 Å². The minimum absolute atomic E-state index is 0.103. The molecule has 0 amide bonds. The van der Waals surface area contributed by atoms with Crippen LogP contribution in [-0.4, -0.2) is 14.4 Å². The molecule has 3 aromatic rings. The fourth-order valence-corrected chi connectivity index (χ4v) is 3.73. The van der Waals surface area contributed by atoms with E-state index >= 15 is 0 Å². The second-order valence-electron chi connectivity index (χ2n) is 4.92. The molecule has 0 saturated carbocycles. The summed E-state index contributed by atoms with van der Waals surface area (Å²) in [6, 6.07) is 6.10. The van der Waals surface area contributed by atoms with Crippen LogP contribution in [0.5, 0.6) is 0 Å². The first-order valence-corrected chi connectivity index (χ1v) is 7.32. The van der Waals surface area contributed by atoms with E-state index in [1.807, 2.05) is 35.0 Å². The molecule has 2 N–H and O–H groups in total. The maximum Gasteiger partial charge on any atom is 0.144 e. The van der Waals surface area contributed by atoms with E-state index in [0.29, 0.717) is 0 Å². The molecule has 1 aliphatic rings. The second kappa shape index (κ2) is 4.15. The molecular formula is C14H14N4S. The number of rotatable bonds is 1. The summed E-state index contributed by atoms with van der Waals surface area (Å²) >= 11 is 1.74. The maximum atomic E-state index is 6.13. The fraction of sp³-hybridized carbons (Fsp3) is 0.286. The highest BCUT2D eigenvalue weighted by atomic mass is 32.1. The average molecular weight is 270 g/mol. The van der Waals surface area contributed by atoms with Crippen molar-refractivity contribution >= 4 is 17.0 Å². The van der Waals surface area contributed by atoms with Gasteiger partial charge in [-0.3, -0.25) is 0 Å². The van der Waals surface area contributed by atoms with Crippen LogP contribution in [0.4, 0.5) is 0 Å². The molecule has 0 fully saturated rings. The van der Waals surface area contributed by atoms with Crippen LogP contribution in [0, 0.1) is 0 Å². The van der Waals surface area contributed by atoms with Crippen molar-refractivity contribution in [1.29, 1.82) is 0 Å². The first kappa shape index (κ1) is 11.1. The Labute approximate surface area is 114 Å². The summed E-state index contributed by atoms with van der Waals surface area (Å²) in [7, 11) is 0. The van der Waals surface area contributed by atoms with Gasteiger partial charge in [0.2, 0.25) is 0 Å². The van der Waals surface area contributed by atoms with E-state index in [1.165, 1.54) is 11.3 Å². The van der Waals surface area contributed by atoms with Gasteiger partial charge in [0.25, 0.3) is 0 Å². The number of fused-ring (bicyclic) bond motifs is 2. The molecule has 0 saturated heterocycles.